The van der Waals surface area contributed by atoms with Gasteiger partial charge in [-0.1, -0.05) is 20.8 Å². The zero-order valence-electron chi connectivity index (χ0n) is 25.1. The summed E-state index contributed by atoms with van der Waals surface area (Å²) >= 11 is 0. The van der Waals surface area contributed by atoms with Crippen molar-refractivity contribution in [2.24, 2.45) is 11.8 Å². The predicted octanol–water partition coefficient (Wildman–Crippen LogP) is 4.09. The molecule has 4 rings (SSSR count). The Balaban J connectivity index is 1.21. The molecule has 2 saturated carbocycles. The van der Waals surface area contributed by atoms with Gasteiger partial charge < -0.3 is 20.1 Å². The standard InChI is InChI=1S/C31H53N5O3/c1-22-21-35(17-18-36(22)28-20-26(15-19-39-5)33-30(34-28)31(2,3)4)16-14-23-6-10-25(11-7-23)32-29(38)24-8-12-27(37)13-9-24/h20,22-25,27,37H,6-19,21H2,1-5H3,(H,32,38)/t22-,23-,24-,25+,27-/m0/s1. The molecule has 2 N–H and O–H groups in total. The van der Waals surface area contributed by atoms with Crippen LogP contribution in [0.4, 0.5) is 5.82 Å². The van der Waals surface area contributed by atoms with Crippen molar-refractivity contribution in [3.8, 4) is 0 Å². The first-order valence-electron chi connectivity index (χ1n) is 15.5. The van der Waals surface area contributed by atoms with Crippen molar-refractivity contribution in [1.29, 1.82) is 0 Å². The fraction of sp³-hybridized carbons (Fsp3) is 0.839. The Morgan fingerprint density at radius 1 is 1.08 bits per heavy atom. The van der Waals surface area contributed by atoms with E-state index in [0.717, 1.165) is 94.4 Å². The van der Waals surface area contributed by atoms with Crippen LogP contribution in [0, 0.1) is 11.8 Å². The second-order valence-corrected chi connectivity index (χ2v) is 13.4. The number of aliphatic hydroxyl groups is 1. The van der Waals surface area contributed by atoms with Gasteiger partial charge in [-0.15, -0.1) is 0 Å². The third-order valence-electron chi connectivity index (χ3n) is 9.12. The summed E-state index contributed by atoms with van der Waals surface area (Å²) in [6.07, 6.45) is 9.68. The molecule has 0 unspecified atom stereocenters. The third-order valence-corrected chi connectivity index (χ3v) is 9.12. The Morgan fingerprint density at radius 3 is 2.44 bits per heavy atom. The van der Waals surface area contributed by atoms with Gasteiger partial charge in [0.05, 0.1) is 12.7 Å². The molecule has 1 aromatic heterocycles. The van der Waals surface area contributed by atoms with E-state index in [0.29, 0.717) is 18.7 Å². The van der Waals surface area contributed by atoms with Crippen molar-refractivity contribution in [2.75, 3.05) is 44.8 Å². The molecular formula is C31H53N5O3. The molecule has 1 atom stereocenters. The minimum Gasteiger partial charge on any atom is -0.393 e. The van der Waals surface area contributed by atoms with Crippen LogP contribution in [-0.4, -0.2) is 84.0 Å². The van der Waals surface area contributed by atoms with E-state index in [-0.39, 0.29) is 23.3 Å². The zero-order chi connectivity index (χ0) is 28.0. The van der Waals surface area contributed by atoms with E-state index in [2.05, 4.69) is 48.9 Å². The van der Waals surface area contributed by atoms with Crippen molar-refractivity contribution >= 4 is 11.7 Å². The Hall–Kier alpha value is -1.77. The molecule has 1 amide bonds. The molecule has 1 saturated heterocycles. The number of rotatable bonds is 9. The van der Waals surface area contributed by atoms with Crippen molar-refractivity contribution in [2.45, 2.75) is 116 Å². The van der Waals surface area contributed by atoms with Gasteiger partial charge in [-0.05, 0) is 77.2 Å². The molecule has 1 aliphatic heterocycles. The van der Waals surface area contributed by atoms with E-state index >= 15 is 0 Å². The first-order valence-corrected chi connectivity index (χ1v) is 15.5. The average Bonchev–Trinajstić information content (AvgIpc) is 2.91. The Bertz CT molecular complexity index is 919. The molecular weight excluding hydrogens is 490 g/mol. The number of aromatic nitrogens is 2. The van der Waals surface area contributed by atoms with Crippen LogP contribution in [0.3, 0.4) is 0 Å². The molecule has 1 aromatic rings. The molecule has 0 aromatic carbocycles. The molecule has 220 valence electrons. The molecule has 0 radical (unpaired) electrons. The van der Waals surface area contributed by atoms with Gasteiger partial charge in [0.2, 0.25) is 5.91 Å². The zero-order valence-corrected chi connectivity index (χ0v) is 25.1. The number of piperazine rings is 1. The molecule has 0 bridgehead atoms. The summed E-state index contributed by atoms with van der Waals surface area (Å²) in [5.41, 5.74) is 0.968. The number of nitrogens with zero attached hydrogens (tertiary/aromatic N) is 4. The van der Waals surface area contributed by atoms with Crippen LogP contribution in [0.1, 0.15) is 97.0 Å². The lowest BCUT2D eigenvalue weighted by Crippen LogP contribution is -2.52. The Morgan fingerprint density at radius 2 is 1.79 bits per heavy atom. The van der Waals surface area contributed by atoms with Gasteiger partial charge in [0.1, 0.15) is 11.6 Å². The molecule has 3 aliphatic rings. The molecule has 39 heavy (non-hydrogen) atoms. The SMILES string of the molecule is COCCc1cc(N2CCN(CC[C@H]3CC[C@@H](NC(=O)[C@H]4CC[C@H](O)CC4)CC3)C[C@@H]2C)nc(C(C)(C)C)n1. The Kier molecular flexibility index (Phi) is 10.6. The smallest absolute Gasteiger partial charge is 0.223 e. The van der Waals surface area contributed by atoms with Crippen molar-refractivity contribution < 1.29 is 14.6 Å². The van der Waals surface area contributed by atoms with E-state index in [1.807, 2.05) is 0 Å². The normalized spacial score (nSPS) is 28.9. The molecule has 2 heterocycles. The maximum Gasteiger partial charge on any atom is 0.223 e. The highest BCUT2D eigenvalue weighted by atomic mass is 16.5. The fourth-order valence-electron chi connectivity index (χ4n) is 6.49. The molecule has 3 fully saturated rings. The number of amides is 1. The summed E-state index contributed by atoms with van der Waals surface area (Å²) in [5.74, 6) is 3.05. The minimum absolute atomic E-state index is 0.0931. The van der Waals surface area contributed by atoms with E-state index in [1.54, 1.807) is 7.11 Å². The van der Waals surface area contributed by atoms with Gasteiger partial charge >= 0.3 is 0 Å². The fourth-order valence-corrected chi connectivity index (χ4v) is 6.49. The quantitative estimate of drug-likeness (QED) is 0.485. The third kappa shape index (κ3) is 8.61. The number of carbonyl (C=O) groups is 1. The Labute approximate surface area is 236 Å². The van der Waals surface area contributed by atoms with Crippen molar-refractivity contribution in [3.63, 3.8) is 0 Å². The van der Waals surface area contributed by atoms with Gasteiger partial charge in [-0.25, -0.2) is 9.97 Å². The highest BCUT2D eigenvalue weighted by molar-refractivity contribution is 5.79. The molecule has 2 aliphatic carbocycles. The van der Waals surface area contributed by atoms with Gasteiger partial charge in [-0.2, -0.15) is 0 Å². The van der Waals surface area contributed by atoms with Crippen LogP contribution in [0.15, 0.2) is 6.07 Å². The molecule has 0 spiro atoms. The van der Waals surface area contributed by atoms with Crippen LogP contribution in [0.5, 0.6) is 0 Å². The summed E-state index contributed by atoms with van der Waals surface area (Å²) in [7, 11) is 1.74. The highest BCUT2D eigenvalue weighted by Gasteiger charge is 2.30. The largest absolute Gasteiger partial charge is 0.393 e. The highest BCUT2D eigenvalue weighted by Crippen LogP contribution is 2.30. The second kappa shape index (κ2) is 13.7. The lowest BCUT2D eigenvalue weighted by molar-refractivity contribution is -0.127. The molecule has 8 heteroatoms. The number of anilines is 1. The van der Waals surface area contributed by atoms with E-state index in [1.165, 1.54) is 19.3 Å². The lowest BCUT2D eigenvalue weighted by atomic mass is 9.83. The summed E-state index contributed by atoms with van der Waals surface area (Å²) in [6, 6.07) is 2.90. The van der Waals surface area contributed by atoms with Gasteiger partial charge in [0.25, 0.3) is 0 Å². The van der Waals surface area contributed by atoms with E-state index in [4.69, 9.17) is 14.7 Å². The topological polar surface area (TPSA) is 90.8 Å². The molecule has 8 nitrogen and oxygen atoms in total. The number of aliphatic hydroxyl groups excluding tert-OH is 1. The van der Waals surface area contributed by atoms with Crippen LogP contribution in [0.25, 0.3) is 0 Å². The average molecular weight is 544 g/mol. The summed E-state index contributed by atoms with van der Waals surface area (Å²) in [6.45, 7) is 13.8. The number of carbonyl (C=O) groups excluding carboxylic acids is 1. The van der Waals surface area contributed by atoms with Gasteiger partial charge in [0, 0.05) is 68.3 Å². The number of ether oxygens (including phenoxy) is 1. The van der Waals surface area contributed by atoms with Crippen molar-refractivity contribution in [1.82, 2.24) is 20.2 Å². The number of hydrogen-bond donors (Lipinski definition) is 2. The predicted molar refractivity (Wildman–Crippen MR) is 156 cm³/mol. The maximum absolute atomic E-state index is 12.7. The van der Waals surface area contributed by atoms with Crippen LogP contribution >= 0.6 is 0 Å². The lowest BCUT2D eigenvalue weighted by Gasteiger charge is -2.41. The van der Waals surface area contributed by atoms with Crippen LogP contribution < -0.4 is 10.2 Å². The summed E-state index contributed by atoms with van der Waals surface area (Å²) < 4.78 is 5.31. The van der Waals surface area contributed by atoms with E-state index < -0.39 is 0 Å². The van der Waals surface area contributed by atoms with Gasteiger partial charge in [0.15, 0.2) is 0 Å². The van der Waals surface area contributed by atoms with Crippen LogP contribution in [0.2, 0.25) is 0 Å². The maximum atomic E-state index is 12.7. The monoisotopic (exact) mass is 543 g/mol. The number of nitrogens with one attached hydrogen (secondary N) is 1. The van der Waals surface area contributed by atoms with Crippen molar-refractivity contribution in [3.05, 3.63) is 17.6 Å². The minimum atomic E-state index is -0.206. The number of hydrogen-bond acceptors (Lipinski definition) is 7. The first-order chi connectivity index (χ1) is 18.6. The summed E-state index contributed by atoms with van der Waals surface area (Å²) in [5, 5.41) is 13.0. The van der Waals surface area contributed by atoms with E-state index in [9.17, 15) is 9.90 Å². The van der Waals surface area contributed by atoms with Gasteiger partial charge in [-0.3, -0.25) is 9.69 Å². The first kappa shape index (κ1) is 30.2. The van der Waals surface area contributed by atoms with Crippen LogP contribution in [-0.2, 0) is 21.4 Å². The summed E-state index contributed by atoms with van der Waals surface area (Å²) in [4.78, 5) is 27.6. The second-order valence-electron chi connectivity index (χ2n) is 13.4. The number of methoxy groups -OCH3 is 1.